The third-order valence-corrected chi connectivity index (χ3v) is 3.91. The molecule has 1 amide bonds. The van der Waals surface area contributed by atoms with Gasteiger partial charge in [-0.15, -0.1) is 0 Å². The highest BCUT2D eigenvalue weighted by Crippen LogP contribution is 2.14. The van der Waals surface area contributed by atoms with Gasteiger partial charge in [0, 0.05) is 33.1 Å². The SMILES string of the molecule is CSCCC(NC(C)=O)C(=C=O)N1CCN(C)CC1. The highest BCUT2D eigenvalue weighted by Gasteiger charge is 2.24. The molecule has 5 nitrogen and oxygen atoms in total. The van der Waals surface area contributed by atoms with E-state index in [1.807, 2.05) is 11.2 Å². The monoisotopic (exact) mass is 285 g/mol. The Morgan fingerprint density at radius 2 is 2.00 bits per heavy atom. The summed E-state index contributed by atoms with van der Waals surface area (Å²) in [6, 6.07) is -0.217. The van der Waals surface area contributed by atoms with Gasteiger partial charge < -0.3 is 15.1 Å². The van der Waals surface area contributed by atoms with Gasteiger partial charge in [-0.25, -0.2) is 4.79 Å². The summed E-state index contributed by atoms with van der Waals surface area (Å²) in [5.74, 6) is 2.85. The fourth-order valence-electron chi connectivity index (χ4n) is 2.16. The molecule has 0 bridgehead atoms. The van der Waals surface area contributed by atoms with Crippen molar-refractivity contribution in [3.63, 3.8) is 0 Å². The maximum absolute atomic E-state index is 11.3. The molecular weight excluding hydrogens is 262 g/mol. The van der Waals surface area contributed by atoms with Crippen molar-refractivity contribution in [3.8, 4) is 0 Å². The van der Waals surface area contributed by atoms with Crippen LogP contribution in [0.2, 0.25) is 0 Å². The van der Waals surface area contributed by atoms with E-state index in [0.717, 1.165) is 38.4 Å². The average molecular weight is 285 g/mol. The number of amides is 1. The molecule has 1 aliphatic rings. The molecule has 108 valence electrons. The van der Waals surface area contributed by atoms with Crippen LogP contribution in [0.5, 0.6) is 0 Å². The summed E-state index contributed by atoms with van der Waals surface area (Å²) < 4.78 is 0. The molecule has 0 spiro atoms. The Bertz CT molecular complexity index is 348. The maximum Gasteiger partial charge on any atom is 0.217 e. The van der Waals surface area contributed by atoms with E-state index in [-0.39, 0.29) is 11.9 Å². The van der Waals surface area contributed by atoms with Gasteiger partial charge in [0.1, 0.15) is 11.6 Å². The number of likely N-dealkylation sites (N-methyl/N-ethyl adjacent to an activating group) is 1. The number of piperazine rings is 1. The molecule has 1 atom stereocenters. The minimum absolute atomic E-state index is 0.104. The maximum atomic E-state index is 11.3. The number of nitrogens with one attached hydrogen (secondary N) is 1. The first-order valence-corrected chi connectivity index (χ1v) is 7.92. The van der Waals surface area contributed by atoms with E-state index in [1.54, 1.807) is 11.8 Å². The highest BCUT2D eigenvalue weighted by atomic mass is 32.2. The lowest BCUT2D eigenvalue weighted by molar-refractivity contribution is -0.119. The van der Waals surface area contributed by atoms with E-state index in [2.05, 4.69) is 23.2 Å². The van der Waals surface area contributed by atoms with Crippen molar-refractivity contribution in [2.75, 3.05) is 45.2 Å². The van der Waals surface area contributed by atoms with Crippen molar-refractivity contribution < 1.29 is 9.59 Å². The number of carbonyl (C=O) groups excluding carboxylic acids is 2. The number of hydrogen-bond acceptors (Lipinski definition) is 5. The lowest BCUT2D eigenvalue weighted by Gasteiger charge is -2.36. The molecule has 0 aromatic heterocycles. The first-order chi connectivity index (χ1) is 9.08. The lowest BCUT2D eigenvalue weighted by Crippen LogP contribution is -2.49. The predicted molar refractivity (Wildman–Crippen MR) is 78.9 cm³/mol. The van der Waals surface area contributed by atoms with Gasteiger partial charge in [-0.1, -0.05) is 0 Å². The Morgan fingerprint density at radius 3 is 2.47 bits per heavy atom. The zero-order chi connectivity index (χ0) is 14.3. The number of hydrogen-bond donors (Lipinski definition) is 1. The zero-order valence-electron chi connectivity index (χ0n) is 11.9. The smallest absolute Gasteiger partial charge is 0.217 e. The summed E-state index contributed by atoms with van der Waals surface area (Å²) in [5.41, 5.74) is 0.595. The molecular formula is C13H23N3O2S. The summed E-state index contributed by atoms with van der Waals surface area (Å²) >= 11 is 1.71. The minimum Gasteiger partial charge on any atom is -0.362 e. The first-order valence-electron chi connectivity index (χ1n) is 6.53. The van der Waals surface area contributed by atoms with E-state index in [1.165, 1.54) is 6.92 Å². The molecule has 19 heavy (non-hydrogen) atoms. The zero-order valence-corrected chi connectivity index (χ0v) is 12.8. The Morgan fingerprint density at radius 1 is 1.37 bits per heavy atom. The van der Waals surface area contributed by atoms with Crippen molar-refractivity contribution in [1.29, 1.82) is 0 Å². The van der Waals surface area contributed by atoms with Gasteiger partial charge in [-0.05, 0) is 25.5 Å². The third-order valence-electron chi connectivity index (χ3n) is 3.27. The van der Waals surface area contributed by atoms with Crippen molar-refractivity contribution >= 4 is 23.6 Å². The number of rotatable bonds is 6. The van der Waals surface area contributed by atoms with Crippen LogP contribution in [0.3, 0.4) is 0 Å². The van der Waals surface area contributed by atoms with Crippen LogP contribution in [0.4, 0.5) is 0 Å². The summed E-state index contributed by atoms with van der Waals surface area (Å²) in [6.45, 7) is 4.98. The highest BCUT2D eigenvalue weighted by molar-refractivity contribution is 7.98. The van der Waals surface area contributed by atoms with Crippen LogP contribution in [0, 0.1) is 0 Å². The Hall–Kier alpha value is -0.970. The van der Waals surface area contributed by atoms with Crippen LogP contribution < -0.4 is 5.32 Å². The third kappa shape index (κ3) is 5.27. The second-order valence-electron chi connectivity index (χ2n) is 4.81. The van der Waals surface area contributed by atoms with Gasteiger partial charge in [0.15, 0.2) is 0 Å². The quantitative estimate of drug-likeness (QED) is 0.707. The number of carbonyl (C=O) groups is 1. The van der Waals surface area contributed by atoms with Crippen molar-refractivity contribution in [1.82, 2.24) is 15.1 Å². The molecule has 0 saturated carbocycles. The van der Waals surface area contributed by atoms with E-state index >= 15 is 0 Å². The number of thioether (sulfide) groups is 1. The molecule has 1 unspecified atom stereocenters. The Labute approximate surface area is 119 Å². The van der Waals surface area contributed by atoms with Crippen LogP contribution in [0.25, 0.3) is 0 Å². The van der Waals surface area contributed by atoms with E-state index in [4.69, 9.17) is 0 Å². The van der Waals surface area contributed by atoms with Gasteiger partial charge in [0.25, 0.3) is 0 Å². The average Bonchev–Trinajstić information content (AvgIpc) is 2.38. The molecule has 0 radical (unpaired) electrons. The van der Waals surface area contributed by atoms with Crippen LogP contribution in [-0.2, 0) is 9.59 Å². The molecule has 0 aliphatic carbocycles. The second kappa shape index (κ2) is 8.25. The Balaban J connectivity index is 2.72. The summed E-state index contributed by atoms with van der Waals surface area (Å²) in [4.78, 5) is 26.9. The van der Waals surface area contributed by atoms with Gasteiger partial charge in [0.2, 0.25) is 5.91 Å². The fourth-order valence-corrected chi connectivity index (χ4v) is 2.63. The molecule has 1 fully saturated rings. The van der Waals surface area contributed by atoms with Crippen LogP contribution in [-0.4, -0.2) is 72.9 Å². The van der Waals surface area contributed by atoms with Gasteiger partial charge in [0.05, 0.1) is 6.04 Å². The van der Waals surface area contributed by atoms with E-state index in [9.17, 15) is 9.59 Å². The van der Waals surface area contributed by atoms with Crippen molar-refractivity contribution in [2.24, 2.45) is 0 Å². The van der Waals surface area contributed by atoms with Gasteiger partial charge in [-0.2, -0.15) is 11.8 Å². The molecule has 0 aromatic carbocycles. The van der Waals surface area contributed by atoms with Crippen LogP contribution in [0.15, 0.2) is 5.70 Å². The first kappa shape index (κ1) is 16.1. The fraction of sp³-hybridized carbons (Fsp3) is 0.769. The van der Waals surface area contributed by atoms with Gasteiger partial charge >= 0.3 is 0 Å². The lowest BCUT2D eigenvalue weighted by atomic mass is 10.1. The van der Waals surface area contributed by atoms with Crippen molar-refractivity contribution in [3.05, 3.63) is 5.70 Å². The predicted octanol–water partition coefficient (Wildman–Crippen LogP) is 0.207. The normalized spacial score (nSPS) is 17.7. The summed E-state index contributed by atoms with van der Waals surface area (Å²) in [5, 5.41) is 2.87. The van der Waals surface area contributed by atoms with Gasteiger partial charge in [-0.3, -0.25) is 4.79 Å². The van der Waals surface area contributed by atoms with Crippen LogP contribution in [0.1, 0.15) is 13.3 Å². The second-order valence-corrected chi connectivity index (χ2v) is 5.80. The number of nitrogens with zero attached hydrogens (tertiary/aromatic N) is 2. The summed E-state index contributed by atoms with van der Waals surface area (Å²) in [7, 11) is 2.07. The minimum atomic E-state index is -0.217. The standard InChI is InChI=1S/C13H23N3O2S/c1-11(18)14-12(4-9-19-3)13(10-17)16-7-5-15(2)6-8-16/h12H,4-9H2,1-3H3,(H,14,18). The molecule has 6 heteroatoms. The van der Waals surface area contributed by atoms with E-state index < -0.39 is 0 Å². The van der Waals surface area contributed by atoms with Crippen LogP contribution >= 0.6 is 11.8 Å². The Kier molecular flexibility index (Phi) is 6.99. The largest absolute Gasteiger partial charge is 0.362 e. The molecule has 1 aliphatic heterocycles. The van der Waals surface area contributed by atoms with Crippen molar-refractivity contribution in [2.45, 2.75) is 19.4 Å². The molecule has 1 rings (SSSR count). The molecule has 1 saturated heterocycles. The summed E-state index contributed by atoms with van der Waals surface area (Å²) in [6.07, 6.45) is 2.78. The molecule has 1 heterocycles. The molecule has 1 N–H and O–H groups in total. The molecule has 0 aromatic rings. The topological polar surface area (TPSA) is 52.7 Å². The van der Waals surface area contributed by atoms with E-state index in [0.29, 0.717) is 5.70 Å².